The Balaban J connectivity index is 1.79. The minimum absolute atomic E-state index is 0.282. The Morgan fingerprint density at radius 2 is 2.32 bits per heavy atom. The second-order valence-electron chi connectivity index (χ2n) is 6.51. The molecule has 0 radical (unpaired) electrons. The molecule has 1 saturated carbocycles. The fourth-order valence-electron chi connectivity index (χ4n) is 3.87. The third-order valence-electron chi connectivity index (χ3n) is 5.30. The van der Waals surface area contributed by atoms with Crippen LogP contribution in [0.1, 0.15) is 49.5 Å². The summed E-state index contributed by atoms with van der Waals surface area (Å²) in [4.78, 5) is 4.31. The molecule has 0 spiro atoms. The summed E-state index contributed by atoms with van der Waals surface area (Å²) in [6.07, 6.45) is 7.91. The van der Waals surface area contributed by atoms with Crippen LogP contribution in [0.15, 0.2) is 11.4 Å². The largest absolute Gasteiger partial charge is 0.329 e. The first-order chi connectivity index (χ1) is 9.23. The lowest BCUT2D eigenvalue weighted by molar-refractivity contribution is 0.0642. The van der Waals surface area contributed by atoms with Gasteiger partial charge >= 0.3 is 0 Å². The number of fused-ring (bicyclic) bond motifs is 1. The normalized spacial score (nSPS) is 32.8. The number of nitrogens with zero attached hydrogens (tertiary/aromatic N) is 1. The standard InChI is InChI=1S/C16H26N2S/c1-13-3-2-7-16(12-17,8-4-13)18-9-5-15-14(11-18)6-10-19-15/h6,10,13H,2-5,7-9,11-12,17H2,1H3. The lowest BCUT2D eigenvalue weighted by Gasteiger charge is -2.45. The van der Waals surface area contributed by atoms with Gasteiger partial charge in [-0.1, -0.05) is 19.8 Å². The maximum Gasteiger partial charge on any atom is 0.0335 e. The summed E-state index contributed by atoms with van der Waals surface area (Å²) in [6, 6.07) is 2.32. The minimum atomic E-state index is 0.282. The quantitative estimate of drug-likeness (QED) is 0.840. The number of hydrogen-bond donors (Lipinski definition) is 1. The van der Waals surface area contributed by atoms with Crippen molar-refractivity contribution in [1.82, 2.24) is 4.90 Å². The van der Waals surface area contributed by atoms with Gasteiger partial charge in [0.2, 0.25) is 0 Å². The maximum atomic E-state index is 6.24. The molecule has 106 valence electrons. The molecule has 2 heterocycles. The van der Waals surface area contributed by atoms with Gasteiger partial charge in [0.15, 0.2) is 0 Å². The van der Waals surface area contributed by atoms with Crippen LogP contribution < -0.4 is 5.73 Å². The van der Waals surface area contributed by atoms with Crippen LogP contribution >= 0.6 is 11.3 Å². The van der Waals surface area contributed by atoms with Gasteiger partial charge in [0.05, 0.1) is 0 Å². The van der Waals surface area contributed by atoms with Crippen LogP contribution in [0, 0.1) is 5.92 Å². The molecule has 1 aromatic heterocycles. The zero-order chi connectivity index (χ0) is 13.3. The predicted octanol–water partition coefficient (Wildman–Crippen LogP) is 3.40. The van der Waals surface area contributed by atoms with Crippen LogP contribution in [-0.2, 0) is 13.0 Å². The van der Waals surface area contributed by atoms with Crippen molar-refractivity contribution < 1.29 is 0 Å². The van der Waals surface area contributed by atoms with E-state index in [1.54, 1.807) is 10.4 Å². The van der Waals surface area contributed by atoms with Crippen molar-refractivity contribution >= 4 is 11.3 Å². The van der Waals surface area contributed by atoms with E-state index < -0.39 is 0 Å². The van der Waals surface area contributed by atoms with E-state index in [0.29, 0.717) is 0 Å². The van der Waals surface area contributed by atoms with Gasteiger partial charge in [-0.3, -0.25) is 4.90 Å². The molecule has 0 saturated heterocycles. The molecule has 0 amide bonds. The molecule has 1 aliphatic heterocycles. The number of hydrogen-bond acceptors (Lipinski definition) is 3. The second-order valence-corrected chi connectivity index (χ2v) is 7.51. The highest BCUT2D eigenvalue weighted by molar-refractivity contribution is 7.10. The van der Waals surface area contributed by atoms with Crippen molar-refractivity contribution in [3.05, 3.63) is 21.9 Å². The highest BCUT2D eigenvalue weighted by Crippen LogP contribution is 2.37. The fourth-order valence-corrected chi connectivity index (χ4v) is 4.76. The summed E-state index contributed by atoms with van der Waals surface area (Å²) in [5.74, 6) is 0.884. The van der Waals surface area contributed by atoms with Crippen LogP contribution in [0.5, 0.6) is 0 Å². The zero-order valence-corrected chi connectivity index (χ0v) is 12.8. The number of rotatable bonds is 2. The molecule has 2 nitrogen and oxygen atoms in total. The average molecular weight is 278 g/mol. The Kier molecular flexibility index (Phi) is 3.97. The Hall–Kier alpha value is -0.380. The van der Waals surface area contributed by atoms with Crippen molar-refractivity contribution in [2.45, 2.75) is 57.5 Å². The third kappa shape index (κ3) is 2.61. The lowest BCUT2D eigenvalue weighted by Crippen LogP contribution is -2.54. The molecule has 19 heavy (non-hydrogen) atoms. The first kappa shape index (κ1) is 13.6. The highest BCUT2D eigenvalue weighted by Gasteiger charge is 2.38. The molecule has 2 aliphatic rings. The molecule has 0 aromatic carbocycles. The monoisotopic (exact) mass is 278 g/mol. The van der Waals surface area contributed by atoms with Crippen LogP contribution in [0.3, 0.4) is 0 Å². The predicted molar refractivity (Wildman–Crippen MR) is 82.5 cm³/mol. The summed E-state index contributed by atoms with van der Waals surface area (Å²) in [5.41, 5.74) is 8.08. The number of thiophene rings is 1. The smallest absolute Gasteiger partial charge is 0.0335 e. The topological polar surface area (TPSA) is 29.3 Å². The number of nitrogens with two attached hydrogens (primary N) is 1. The van der Waals surface area contributed by atoms with E-state index in [1.165, 1.54) is 45.1 Å². The van der Waals surface area contributed by atoms with E-state index in [-0.39, 0.29) is 5.54 Å². The average Bonchev–Trinajstić information content (AvgIpc) is 2.81. The summed E-state index contributed by atoms with van der Waals surface area (Å²) in [6.45, 7) is 5.57. The van der Waals surface area contributed by atoms with Gasteiger partial charge in [0, 0.05) is 30.1 Å². The van der Waals surface area contributed by atoms with Crippen molar-refractivity contribution in [2.75, 3.05) is 13.1 Å². The van der Waals surface area contributed by atoms with Crippen LogP contribution in [-0.4, -0.2) is 23.5 Å². The second kappa shape index (κ2) is 5.55. The summed E-state index contributed by atoms with van der Waals surface area (Å²) in [7, 11) is 0. The summed E-state index contributed by atoms with van der Waals surface area (Å²) < 4.78 is 0. The molecule has 1 fully saturated rings. The van der Waals surface area contributed by atoms with E-state index in [2.05, 4.69) is 23.3 Å². The Bertz CT molecular complexity index is 428. The summed E-state index contributed by atoms with van der Waals surface area (Å²) >= 11 is 1.93. The molecule has 0 bridgehead atoms. The first-order valence-corrected chi connectivity index (χ1v) is 8.62. The molecule has 3 heteroatoms. The Labute approximate surface area is 121 Å². The highest BCUT2D eigenvalue weighted by atomic mass is 32.1. The maximum absolute atomic E-state index is 6.24. The van der Waals surface area contributed by atoms with E-state index in [9.17, 15) is 0 Å². The van der Waals surface area contributed by atoms with E-state index in [0.717, 1.165) is 19.0 Å². The Morgan fingerprint density at radius 1 is 1.42 bits per heavy atom. The SMILES string of the molecule is CC1CCCC(CN)(N2CCc3sccc3C2)CC1. The van der Waals surface area contributed by atoms with Gasteiger partial charge < -0.3 is 5.73 Å². The summed E-state index contributed by atoms with van der Waals surface area (Å²) in [5, 5.41) is 2.25. The minimum Gasteiger partial charge on any atom is -0.329 e. The molecule has 1 aromatic rings. The molecule has 2 atom stereocenters. The molecule has 1 aliphatic carbocycles. The molecule has 2 unspecified atom stereocenters. The lowest BCUT2D eigenvalue weighted by atomic mass is 9.86. The van der Waals surface area contributed by atoms with Gasteiger partial charge in [0.1, 0.15) is 0 Å². The van der Waals surface area contributed by atoms with Crippen molar-refractivity contribution in [2.24, 2.45) is 11.7 Å². The molecule has 3 rings (SSSR count). The van der Waals surface area contributed by atoms with E-state index >= 15 is 0 Å². The van der Waals surface area contributed by atoms with E-state index in [4.69, 9.17) is 5.73 Å². The van der Waals surface area contributed by atoms with Gasteiger partial charge in [-0.15, -0.1) is 11.3 Å². The van der Waals surface area contributed by atoms with Crippen molar-refractivity contribution in [1.29, 1.82) is 0 Å². The molecular weight excluding hydrogens is 252 g/mol. The van der Waals surface area contributed by atoms with E-state index in [1.807, 2.05) is 11.3 Å². The van der Waals surface area contributed by atoms with Gasteiger partial charge in [0.25, 0.3) is 0 Å². The Morgan fingerprint density at radius 3 is 3.16 bits per heavy atom. The molecule has 2 N–H and O–H groups in total. The van der Waals surface area contributed by atoms with Crippen LogP contribution in [0.25, 0.3) is 0 Å². The zero-order valence-electron chi connectivity index (χ0n) is 12.0. The van der Waals surface area contributed by atoms with Crippen LogP contribution in [0.2, 0.25) is 0 Å². The van der Waals surface area contributed by atoms with Gasteiger partial charge in [-0.05, 0) is 48.6 Å². The first-order valence-electron chi connectivity index (χ1n) is 7.74. The van der Waals surface area contributed by atoms with Crippen molar-refractivity contribution in [3.8, 4) is 0 Å². The van der Waals surface area contributed by atoms with Gasteiger partial charge in [-0.2, -0.15) is 0 Å². The van der Waals surface area contributed by atoms with Gasteiger partial charge in [-0.25, -0.2) is 0 Å². The van der Waals surface area contributed by atoms with Crippen molar-refractivity contribution in [3.63, 3.8) is 0 Å². The van der Waals surface area contributed by atoms with Crippen LogP contribution in [0.4, 0.5) is 0 Å². The third-order valence-corrected chi connectivity index (χ3v) is 6.32. The molecular formula is C16H26N2S. The fraction of sp³-hybridized carbons (Fsp3) is 0.750.